The van der Waals surface area contributed by atoms with Crippen LogP contribution in [0.3, 0.4) is 0 Å². The molecule has 1 aliphatic rings. The molecule has 1 heterocycles. The molecular weight excluding hydrogens is 468 g/mol. The van der Waals surface area contributed by atoms with Crippen molar-refractivity contribution in [1.29, 1.82) is 0 Å². The summed E-state index contributed by atoms with van der Waals surface area (Å²) in [5.41, 5.74) is 1.97. The molecule has 37 heavy (non-hydrogen) atoms. The van der Waals surface area contributed by atoms with E-state index in [1.807, 2.05) is 30.3 Å². The molecule has 1 atom stereocenters. The number of para-hydroxylation sites is 1. The molecule has 7 nitrogen and oxygen atoms in total. The second-order valence-corrected chi connectivity index (χ2v) is 8.67. The maximum atomic E-state index is 13.5. The first kappa shape index (κ1) is 23.8. The summed E-state index contributed by atoms with van der Waals surface area (Å²) in [5.74, 6) is -1.59. The van der Waals surface area contributed by atoms with Crippen LogP contribution in [0.25, 0.3) is 16.5 Å². The van der Waals surface area contributed by atoms with Gasteiger partial charge in [-0.15, -0.1) is 0 Å². The molecule has 0 spiro atoms. The fourth-order valence-corrected chi connectivity index (χ4v) is 4.77. The molecule has 0 radical (unpaired) electrons. The van der Waals surface area contributed by atoms with Crippen LogP contribution in [0.15, 0.2) is 96.6 Å². The van der Waals surface area contributed by atoms with E-state index in [2.05, 4.69) is 5.32 Å². The summed E-state index contributed by atoms with van der Waals surface area (Å²) in [7, 11) is 1.51. The summed E-state index contributed by atoms with van der Waals surface area (Å²) in [6.07, 6.45) is 0. The third-order valence-electron chi connectivity index (χ3n) is 6.39. The molecule has 1 saturated heterocycles. The van der Waals surface area contributed by atoms with Crippen molar-refractivity contribution >= 4 is 45.5 Å². The van der Waals surface area contributed by atoms with E-state index in [0.717, 1.165) is 10.8 Å². The van der Waals surface area contributed by atoms with E-state index in [1.165, 1.54) is 18.9 Å². The van der Waals surface area contributed by atoms with Gasteiger partial charge in [0.05, 0.1) is 18.7 Å². The average Bonchev–Trinajstić information content (AvgIpc) is 3.18. The molecule has 0 aromatic heterocycles. The number of fused-ring (bicyclic) bond motifs is 1. The van der Waals surface area contributed by atoms with Gasteiger partial charge in [0.1, 0.15) is 11.5 Å². The lowest BCUT2D eigenvalue weighted by atomic mass is 9.92. The number of nitrogens with zero attached hydrogens (tertiary/aromatic N) is 1. The minimum absolute atomic E-state index is 0.0307. The Labute approximate surface area is 213 Å². The van der Waals surface area contributed by atoms with Crippen molar-refractivity contribution in [2.24, 2.45) is 0 Å². The Morgan fingerprint density at radius 3 is 2.30 bits per heavy atom. The van der Waals surface area contributed by atoms with E-state index in [-0.39, 0.29) is 17.2 Å². The zero-order chi connectivity index (χ0) is 26.1. The number of ether oxygens (including phenoxy) is 1. The first-order valence-corrected chi connectivity index (χ1v) is 11.7. The number of methoxy groups -OCH3 is 1. The number of hydrogen-bond acceptors (Lipinski definition) is 5. The highest BCUT2D eigenvalue weighted by Gasteiger charge is 2.48. The van der Waals surface area contributed by atoms with Gasteiger partial charge in [-0.3, -0.25) is 19.3 Å². The van der Waals surface area contributed by atoms with Crippen LogP contribution in [-0.4, -0.2) is 29.8 Å². The minimum atomic E-state index is -0.943. The van der Waals surface area contributed by atoms with Crippen LogP contribution in [0.4, 0.5) is 11.4 Å². The summed E-state index contributed by atoms with van der Waals surface area (Å²) in [6, 6.07) is 25.7. The standard InChI is InChI=1S/C30H24N2O5/c1-18(33)31-20-14-16-21(17-15-20)32-27(24-11-5-6-13-25(24)37-2)26(29(35)30(32)36)28(34)23-12-7-9-19-8-3-4-10-22(19)23/h3-17,27,34H,1-2H3,(H,31,33)/b28-26+. The number of benzene rings is 4. The van der Waals surface area contributed by atoms with Gasteiger partial charge in [0, 0.05) is 29.4 Å². The van der Waals surface area contributed by atoms with Gasteiger partial charge >= 0.3 is 0 Å². The second kappa shape index (κ2) is 9.62. The Hall–Kier alpha value is -4.91. The Kier molecular flexibility index (Phi) is 6.19. The molecule has 184 valence electrons. The molecule has 5 rings (SSSR count). The highest BCUT2D eigenvalue weighted by atomic mass is 16.5. The Balaban J connectivity index is 1.74. The van der Waals surface area contributed by atoms with Crippen LogP contribution in [-0.2, 0) is 14.4 Å². The molecule has 7 heteroatoms. The number of nitrogens with one attached hydrogen (secondary N) is 1. The van der Waals surface area contributed by atoms with Crippen LogP contribution in [0.1, 0.15) is 24.1 Å². The van der Waals surface area contributed by atoms with E-state index >= 15 is 0 Å². The smallest absolute Gasteiger partial charge is 0.300 e. The molecular formula is C30H24N2O5. The van der Waals surface area contributed by atoms with Gasteiger partial charge in [-0.1, -0.05) is 60.7 Å². The third-order valence-corrected chi connectivity index (χ3v) is 6.39. The third kappa shape index (κ3) is 4.21. The van der Waals surface area contributed by atoms with E-state index in [4.69, 9.17) is 4.74 Å². The molecule has 2 amide bonds. The highest BCUT2D eigenvalue weighted by Crippen LogP contribution is 2.45. The average molecular weight is 493 g/mol. The number of carbonyl (C=O) groups excluding carboxylic acids is 3. The summed E-state index contributed by atoms with van der Waals surface area (Å²) >= 11 is 0. The predicted molar refractivity (Wildman–Crippen MR) is 142 cm³/mol. The van der Waals surface area contributed by atoms with Crippen molar-refractivity contribution in [1.82, 2.24) is 0 Å². The van der Waals surface area contributed by atoms with Crippen LogP contribution in [0, 0.1) is 0 Å². The lowest BCUT2D eigenvalue weighted by molar-refractivity contribution is -0.132. The van der Waals surface area contributed by atoms with Crippen LogP contribution in [0.5, 0.6) is 5.75 Å². The second-order valence-electron chi connectivity index (χ2n) is 8.67. The fourth-order valence-electron chi connectivity index (χ4n) is 4.77. The lowest BCUT2D eigenvalue weighted by Gasteiger charge is -2.27. The van der Waals surface area contributed by atoms with Crippen molar-refractivity contribution in [3.63, 3.8) is 0 Å². The molecule has 1 unspecified atom stereocenters. The zero-order valence-corrected chi connectivity index (χ0v) is 20.3. The van der Waals surface area contributed by atoms with Crippen molar-refractivity contribution in [2.45, 2.75) is 13.0 Å². The number of anilines is 2. The maximum Gasteiger partial charge on any atom is 0.300 e. The number of aliphatic hydroxyl groups excluding tert-OH is 1. The van der Waals surface area contributed by atoms with E-state index < -0.39 is 17.7 Å². The minimum Gasteiger partial charge on any atom is -0.507 e. The number of carbonyl (C=O) groups is 3. The Bertz CT molecular complexity index is 1570. The first-order chi connectivity index (χ1) is 17.9. The zero-order valence-electron chi connectivity index (χ0n) is 20.3. The highest BCUT2D eigenvalue weighted by molar-refractivity contribution is 6.52. The summed E-state index contributed by atoms with van der Waals surface area (Å²) in [4.78, 5) is 39.8. The van der Waals surface area contributed by atoms with Crippen LogP contribution in [0.2, 0.25) is 0 Å². The van der Waals surface area contributed by atoms with Crippen molar-refractivity contribution < 1.29 is 24.2 Å². The summed E-state index contributed by atoms with van der Waals surface area (Å²) in [6.45, 7) is 1.40. The Morgan fingerprint density at radius 1 is 0.892 bits per heavy atom. The van der Waals surface area contributed by atoms with Gasteiger partial charge in [0.25, 0.3) is 11.7 Å². The number of hydrogen-bond donors (Lipinski definition) is 2. The van der Waals surface area contributed by atoms with E-state index in [1.54, 1.807) is 60.7 Å². The van der Waals surface area contributed by atoms with E-state index in [0.29, 0.717) is 28.3 Å². The molecule has 0 bridgehead atoms. The van der Waals surface area contributed by atoms with Crippen LogP contribution < -0.4 is 15.0 Å². The van der Waals surface area contributed by atoms with Crippen molar-refractivity contribution in [3.05, 3.63) is 108 Å². The van der Waals surface area contributed by atoms with Crippen LogP contribution >= 0.6 is 0 Å². The van der Waals surface area contributed by atoms with Gasteiger partial charge in [-0.2, -0.15) is 0 Å². The SMILES string of the molecule is COc1ccccc1C1/C(=C(\O)c2cccc3ccccc23)C(=O)C(=O)N1c1ccc(NC(C)=O)cc1. The summed E-state index contributed by atoms with van der Waals surface area (Å²) in [5, 5.41) is 15.9. The van der Waals surface area contributed by atoms with Gasteiger partial charge in [-0.25, -0.2) is 0 Å². The lowest BCUT2D eigenvalue weighted by Crippen LogP contribution is -2.29. The molecule has 1 aliphatic heterocycles. The normalized spacial score (nSPS) is 16.7. The number of rotatable bonds is 5. The number of amides is 2. The number of aliphatic hydroxyl groups is 1. The van der Waals surface area contributed by atoms with Gasteiger partial charge in [0.2, 0.25) is 5.91 Å². The Morgan fingerprint density at radius 2 is 1.57 bits per heavy atom. The first-order valence-electron chi connectivity index (χ1n) is 11.7. The topological polar surface area (TPSA) is 95.9 Å². The van der Waals surface area contributed by atoms with Gasteiger partial charge in [0.15, 0.2) is 0 Å². The largest absolute Gasteiger partial charge is 0.507 e. The molecule has 1 fully saturated rings. The molecule has 4 aromatic rings. The van der Waals surface area contributed by atoms with Gasteiger partial charge in [-0.05, 0) is 41.1 Å². The van der Waals surface area contributed by atoms with Crippen molar-refractivity contribution in [3.8, 4) is 5.75 Å². The van der Waals surface area contributed by atoms with Gasteiger partial charge < -0.3 is 15.2 Å². The maximum absolute atomic E-state index is 13.5. The molecule has 2 N–H and O–H groups in total. The predicted octanol–water partition coefficient (Wildman–Crippen LogP) is 5.43. The summed E-state index contributed by atoms with van der Waals surface area (Å²) < 4.78 is 5.58. The molecule has 0 saturated carbocycles. The van der Waals surface area contributed by atoms with Crippen molar-refractivity contribution in [2.75, 3.05) is 17.3 Å². The quantitative estimate of drug-likeness (QED) is 0.220. The molecule has 0 aliphatic carbocycles. The van der Waals surface area contributed by atoms with E-state index in [9.17, 15) is 19.5 Å². The molecule has 4 aromatic carbocycles. The monoisotopic (exact) mass is 492 g/mol. The number of ketones is 1. The number of Topliss-reactive ketones (excluding diaryl/α,β-unsaturated/α-hetero) is 1. The fraction of sp³-hybridized carbons (Fsp3) is 0.100.